The van der Waals surface area contributed by atoms with Crippen LogP contribution in [0.4, 0.5) is 0 Å². The van der Waals surface area contributed by atoms with E-state index in [1.165, 1.54) is 0 Å². The molecule has 0 aromatic heterocycles. The molecular weight excluding hydrogens is 666 g/mol. The molecule has 11 heteroatoms. The van der Waals surface area contributed by atoms with E-state index < -0.39 is 61.0 Å². The molecule has 0 aliphatic rings. The zero-order chi connectivity index (χ0) is 30.8. The molecule has 0 heterocycles. The van der Waals surface area contributed by atoms with Gasteiger partial charge in [0.15, 0.2) is 0 Å². The first-order chi connectivity index (χ1) is 15.7. The summed E-state index contributed by atoms with van der Waals surface area (Å²) in [5.41, 5.74) is 3.91. The summed E-state index contributed by atoms with van der Waals surface area (Å²) >= 11 is 2.52. The van der Waals surface area contributed by atoms with Gasteiger partial charge in [-0.1, -0.05) is 19.6 Å². The van der Waals surface area contributed by atoms with E-state index >= 15 is 0 Å². The summed E-state index contributed by atoms with van der Waals surface area (Å²) in [5.74, 6) is 4.06. The molecule has 6 radical (unpaired) electrons. The number of rotatable bonds is 8. The van der Waals surface area contributed by atoms with Crippen molar-refractivity contribution < 1.29 is 0 Å². The normalized spacial score (nSPS) is 15.3. The van der Waals surface area contributed by atoms with Crippen molar-refractivity contribution in [1.29, 1.82) is 0 Å². The van der Waals surface area contributed by atoms with E-state index in [9.17, 15) is 0 Å². The maximum Gasteiger partial charge on any atom is 0.0379 e. The van der Waals surface area contributed by atoms with Gasteiger partial charge in [0.1, 0.15) is 0 Å². The Morgan fingerprint density at radius 2 is 0.865 bits per heavy atom. The Morgan fingerprint density at radius 1 is 0.541 bits per heavy atom. The molecule has 0 fully saturated rings. The molecule has 0 atom stereocenters. The van der Waals surface area contributed by atoms with Crippen LogP contribution in [-0.4, -0.2) is 93.6 Å². The second-order valence-corrected chi connectivity index (χ2v) is 99.6. The third-order valence-corrected chi connectivity index (χ3v) is 134. The second-order valence-electron chi connectivity index (χ2n) is 17.8. The number of hydrogen-bond acceptors (Lipinski definition) is 0. The summed E-state index contributed by atoms with van der Waals surface area (Å²) in [6.07, 6.45) is 0. The van der Waals surface area contributed by atoms with Crippen molar-refractivity contribution in [3.8, 4) is 11.5 Å². The molecule has 0 unspecified atom stereocenters. The molecule has 0 saturated carbocycles. The summed E-state index contributed by atoms with van der Waals surface area (Å²) < 4.78 is 1.77. The largest absolute Gasteiger partial charge is 0.0715 e. The molecule has 0 aromatic rings. The van der Waals surface area contributed by atoms with Gasteiger partial charge >= 0.3 is 230 Å². The van der Waals surface area contributed by atoms with Crippen molar-refractivity contribution in [2.75, 3.05) is 0 Å². The summed E-state index contributed by atoms with van der Waals surface area (Å²) in [4.78, 5) is 0. The Morgan fingerprint density at radius 3 is 1.08 bits per heavy atom. The van der Waals surface area contributed by atoms with Gasteiger partial charge in [-0.25, -0.2) is 0 Å². The van der Waals surface area contributed by atoms with Gasteiger partial charge in [-0.15, -0.1) is 0 Å². The Balaban J connectivity index is 0. The van der Waals surface area contributed by atoms with Gasteiger partial charge in [-0.3, -0.25) is 0 Å². The summed E-state index contributed by atoms with van der Waals surface area (Å²) in [6.45, 7) is 58.1. The van der Waals surface area contributed by atoms with E-state index in [0.29, 0.717) is 0 Å². The minimum Gasteiger partial charge on any atom is -0.0715 e. The van der Waals surface area contributed by atoms with Gasteiger partial charge in [0.2, 0.25) is 0 Å². The van der Waals surface area contributed by atoms with E-state index in [0.717, 1.165) is 0 Å². The van der Waals surface area contributed by atoms with Gasteiger partial charge in [0.05, 0.1) is 0 Å². The van der Waals surface area contributed by atoms with Crippen molar-refractivity contribution in [3.63, 3.8) is 0 Å². The molecule has 0 aromatic carbocycles. The van der Waals surface area contributed by atoms with Crippen molar-refractivity contribution in [3.05, 3.63) is 9.23 Å². The van der Waals surface area contributed by atoms with Crippen LogP contribution < -0.4 is 0 Å². The standard InChI is InChI=1S/C23H57GeSi9.C3H9Si/c1-27(2,3)21-20-22(23(24)28(4,5)6)25(29(7,8)9)32(16,17)33(18,19)26(30(10,11)12)31(13,14)15;1-4(2)3/h1-19H3;1-3H3/b23-22+;. The molecule has 37 heavy (non-hydrogen) atoms. The molecule has 0 saturated heterocycles. The van der Waals surface area contributed by atoms with Crippen LogP contribution >= 0.6 is 0 Å². The molecule has 0 aliphatic heterocycles. The van der Waals surface area contributed by atoms with E-state index in [4.69, 9.17) is 0 Å². The van der Waals surface area contributed by atoms with Gasteiger partial charge < -0.3 is 0 Å². The molecule has 214 valence electrons. The maximum absolute atomic E-state index is 4.06. The van der Waals surface area contributed by atoms with E-state index in [2.05, 4.69) is 172 Å². The zero-order valence-electron chi connectivity index (χ0n) is 29.5. The molecule has 0 N–H and O–H groups in total. The molecule has 0 aliphatic carbocycles. The quantitative estimate of drug-likeness (QED) is 0.173. The summed E-state index contributed by atoms with van der Waals surface area (Å²) in [5, 5.41) is 1.77. The first-order valence-electron chi connectivity index (χ1n) is 14.2. The summed E-state index contributed by atoms with van der Waals surface area (Å²) in [7, 11) is -10.2. The van der Waals surface area contributed by atoms with Crippen LogP contribution in [0.1, 0.15) is 0 Å². The van der Waals surface area contributed by atoms with Crippen LogP contribution in [0.3, 0.4) is 0 Å². The van der Waals surface area contributed by atoms with Gasteiger partial charge in [-0.05, 0) is 0 Å². The van der Waals surface area contributed by atoms with Gasteiger partial charge in [-0.2, -0.15) is 0 Å². The Labute approximate surface area is 256 Å². The van der Waals surface area contributed by atoms with Crippen molar-refractivity contribution >= 4 is 93.6 Å². The Kier molecular flexibility index (Phi) is 15.6. The smallest absolute Gasteiger partial charge is 0.0379 e. The minimum atomic E-state index is -1.48. The topological polar surface area (TPSA) is 0 Å². The fourth-order valence-electron chi connectivity index (χ4n) is 6.12. The van der Waals surface area contributed by atoms with E-state index in [-0.39, 0.29) is 16.1 Å². The number of allylic oxidation sites excluding steroid dienone is 1. The fourth-order valence-corrected chi connectivity index (χ4v) is 212. The third kappa shape index (κ3) is 13.2. The molecule has 0 nitrogen and oxygen atoms in total. The SMILES string of the molecule is C[Si](C)(C)C#C/C(=[C](/[Ge])[Si](C)(C)C)[Si]([Si](C)(C)C)[Si](C)(C)[Si](C)(C)[Si]([Si](C)(C)C)[Si](C)(C)C.C[Si](C)C. The maximum atomic E-state index is 4.06. The predicted molar refractivity (Wildman–Crippen MR) is 207 cm³/mol. The van der Waals surface area contributed by atoms with E-state index in [1.54, 1.807) is 9.23 Å². The van der Waals surface area contributed by atoms with Crippen molar-refractivity contribution in [2.45, 2.75) is 144 Å². The van der Waals surface area contributed by atoms with Crippen molar-refractivity contribution in [2.24, 2.45) is 0 Å². The predicted octanol–water partition coefficient (Wildman–Crippen LogP) is 8.97. The van der Waals surface area contributed by atoms with Crippen LogP contribution in [0, 0.1) is 11.5 Å². The zero-order valence-corrected chi connectivity index (χ0v) is 41.6. The van der Waals surface area contributed by atoms with Crippen LogP contribution in [0.5, 0.6) is 0 Å². The molecular formula is C26H66GeSi10. The Bertz CT molecular complexity index is 814. The second kappa shape index (κ2) is 14.0. The minimum absolute atomic E-state index is 0.120. The van der Waals surface area contributed by atoms with Crippen LogP contribution in [-0.2, 0) is 0 Å². The van der Waals surface area contributed by atoms with E-state index in [1.807, 2.05) is 0 Å². The Hall–Kier alpha value is 2.01. The molecule has 0 bridgehead atoms. The van der Waals surface area contributed by atoms with Crippen LogP contribution in [0.2, 0.25) is 144 Å². The van der Waals surface area contributed by atoms with Crippen molar-refractivity contribution in [1.82, 2.24) is 0 Å². The first kappa shape index (κ1) is 41.1. The average molecular weight is 732 g/mol. The van der Waals surface area contributed by atoms with Crippen LogP contribution in [0.25, 0.3) is 0 Å². The van der Waals surface area contributed by atoms with Gasteiger partial charge in [0.25, 0.3) is 0 Å². The van der Waals surface area contributed by atoms with Crippen LogP contribution in [0.15, 0.2) is 9.23 Å². The molecule has 0 spiro atoms. The fraction of sp³-hybridized carbons (Fsp3) is 0.846. The van der Waals surface area contributed by atoms with Gasteiger partial charge in [0, 0.05) is 8.80 Å². The monoisotopic (exact) mass is 732 g/mol. The number of hydrogen-bond donors (Lipinski definition) is 0. The summed E-state index contributed by atoms with van der Waals surface area (Å²) in [6, 6.07) is 0. The molecule has 0 rings (SSSR count). The first-order valence-corrected chi connectivity index (χ1v) is 50.8. The third-order valence-electron chi connectivity index (χ3n) is 6.88. The average Bonchev–Trinajstić information content (AvgIpc) is 2.50. The molecule has 0 amide bonds.